The SMILES string of the molecule is CCCNc1cc(C)nc(CN2CCN(C)CC2C)n1. The van der Waals surface area contributed by atoms with Crippen LogP contribution >= 0.6 is 0 Å². The summed E-state index contributed by atoms with van der Waals surface area (Å²) < 4.78 is 0. The van der Waals surface area contributed by atoms with Crippen molar-refractivity contribution < 1.29 is 0 Å². The number of piperazine rings is 1. The van der Waals surface area contributed by atoms with Crippen molar-refractivity contribution in [2.45, 2.75) is 39.8 Å². The maximum Gasteiger partial charge on any atom is 0.144 e. The van der Waals surface area contributed by atoms with Crippen molar-refractivity contribution in [1.29, 1.82) is 0 Å². The van der Waals surface area contributed by atoms with Gasteiger partial charge in [0.2, 0.25) is 0 Å². The summed E-state index contributed by atoms with van der Waals surface area (Å²) in [6.45, 7) is 11.6. The fraction of sp³-hybridized carbons (Fsp3) is 0.733. The summed E-state index contributed by atoms with van der Waals surface area (Å²) in [5, 5.41) is 3.35. The molecule has 1 aliphatic heterocycles. The molecule has 5 nitrogen and oxygen atoms in total. The highest BCUT2D eigenvalue weighted by molar-refractivity contribution is 5.35. The number of hydrogen-bond acceptors (Lipinski definition) is 5. The van der Waals surface area contributed by atoms with E-state index in [0.717, 1.165) is 56.5 Å². The van der Waals surface area contributed by atoms with Crippen molar-refractivity contribution in [2.24, 2.45) is 0 Å². The fourth-order valence-electron chi connectivity index (χ4n) is 2.64. The number of likely N-dealkylation sites (N-methyl/N-ethyl adjacent to an activating group) is 1. The van der Waals surface area contributed by atoms with Crippen LogP contribution in [0.15, 0.2) is 6.07 Å². The lowest BCUT2D eigenvalue weighted by molar-refractivity contribution is 0.0914. The van der Waals surface area contributed by atoms with E-state index in [1.807, 2.05) is 13.0 Å². The minimum atomic E-state index is 0.560. The average molecular weight is 277 g/mol. The van der Waals surface area contributed by atoms with Gasteiger partial charge >= 0.3 is 0 Å². The minimum absolute atomic E-state index is 0.560. The van der Waals surface area contributed by atoms with Gasteiger partial charge in [-0.25, -0.2) is 9.97 Å². The molecule has 0 aromatic carbocycles. The summed E-state index contributed by atoms with van der Waals surface area (Å²) in [6.07, 6.45) is 1.11. The molecule has 1 aliphatic rings. The zero-order valence-electron chi connectivity index (χ0n) is 13.2. The maximum atomic E-state index is 4.64. The summed E-state index contributed by atoms with van der Waals surface area (Å²) >= 11 is 0. The minimum Gasteiger partial charge on any atom is -0.370 e. The summed E-state index contributed by atoms with van der Waals surface area (Å²) in [5.74, 6) is 1.89. The Kier molecular flexibility index (Phi) is 5.31. The lowest BCUT2D eigenvalue weighted by Crippen LogP contribution is -2.50. The molecule has 5 heteroatoms. The first-order chi connectivity index (χ1) is 9.58. The molecule has 2 heterocycles. The molecule has 0 aliphatic carbocycles. The van der Waals surface area contributed by atoms with Gasteiger partial charge in [-0.15, -0.1) is 0 Å². The van der Waals surface area contributed by atoms with E-state index in [1.54, 1.807) is 0 Å². The molecule has 0 amide bonds. The van der Waals surface area contributed by atoms with Gasteiger partial charge in [0.05, 0.1) is 6.54 Å². The largest absolute Gasteiger partial charge is 0.370 e. The van der Waals surface area contributed by atoms with E-state index in [9.17, 15) is 0 Å². The van der Waals surface area contributed by atoms with Crippen LogP contribution in [0.1, 0.15) is 31.8 Å². The number of nitrogens with one attached hydrogen (secondary N) is 1. The molecule has 1 unspecified atom stereocenters. The lowest BCUT2D eigenvalue weighted by atomic mass is 10.2. The van der Waals surface area contributed by atoms with E-state index in [1.165, 1.54) is 0 Å². The van der Waals surface area contributed by atoms with E-state index >= 15 is 0 Å². The Labute approximate surface area is 122 Å². The Morgan fingerprint density at radius 2 is 2.15 bits per heavy atom. The van der Waals surface area contributed by atoms with Crippen molar-refractivity contribution >= 4 is 5.82 Å². The second-order valence-electron chi connectivity index (χ2n) is 5.82. The Bertz CT molecular complexity index is 434. The third-order valence-corrected chi connectivity index (χ3v) is 3.77. The summed E-state index contributed by atoms with van der Waals surface area (Å²) in [7, 11) is 2.18. The van der Waals surface area contributed by atoms with Crippen LogP contribution in [0.2, 0.25) is 0 Å². The molecule has 1 aromatic heterocycles. The van der Waals surface area contributed by atoms with E-state index in [4.69, 9.17) is 0 Å². The molecule has 20 heavy (non-hydrogen) atoms. The number of rotatable bonds is 5. The lowest BCUT2D eigenvalue weighted by Gasteiger charge is -2.37. The summed E-state index contributed by atoms with van der Waals surface area (Å²) in [5.41, 5.74) is 1.04. The van der Waals surface area contributed by atoms with Crippen molar-refractivity contribution in [3.8, 4) is 0 Å². The van der Waals surface area contributed by atoms with Gasteiger partial charge in [0, 0.05) is 44.0 Å². The van der Waals surface area contributed by atoms with Crippen molar-refractivity contribution in [1.82, 2.24) is 19.8 Å². The highest BCUT2D eigenvalue weighted by Gasteiger charge is 2.22. The smallest absolute Gasteiger partial charge is 0.144 e. The zero-order chi connectivity index (χ0) is 14.5. The Morgan fingerprint density at radius 3 is 2.85 bits per heavy atom. The van der Waals surface area contributed by atoms with Crippen molar-refractivity contribution in [3.05, 3.63) is 17.6 Å². The van der Waals surface area contributed by atoms with Gasteiger partial charge in [-0.2, -0.15) is 0 Å². The molecule has 0 radical (unpaired) electrons. The zero-order valence-corrected chi connectivity index (χ0v) is 13.2. The topological polar surface area (TPSA) is 44.3 Å². The number of aromatic nitrogens is 2. The van der Waals surface area contributed by atoms with E-state index in [2.05, 4.69) is 46.0 Å². The van der Waals surface area contributed by atoms with Crippen molar-refractivity contribution in [2.75, 3.05) is 38.5 Å². The molecule has 112 valence electrons. The quantitative estimate of drug-likeness (QED) is 0.888. The molecule has 2 rings (SSSR count). The normalized spacial score (nSPS) is 21.1. The second kappa shape index (κ2) is 6.99. The summed E-state index contributed by atoms with van der Waals surface area (Å²) in [4.78, 5) is 14.1. The van der Waals surface area contributed by atoms with Crippen molar-refractivity contribution in [3.63, 3.8) is 0 Å². The van der Waals surface area contributed by atoms with E-state index < -0.39 is 0 Å². The van der Waals surface area contributed by atoms with Gasteiger partial charge in [0.15, 0.2) is 0 Å². The maximum absolute atomic E-state index is 4.64. The van der Waals surface area contributed by atoms with Crippen LogP contribution in [0, 0.1) is 6.92 Å². The van der Waals surface area contributed by atoms with Crippen LogP contribution in [0.4, 0.5) is 5.82 Å². The van der Waals surface area contributed by atoms with Crippen LogP contribution < -0.4 is 5.32 Å². The predicted molar refractivity (Wildman–Crippen MR) is 82.9 cm³/mol. The van der Waals surface area contributed by atoms with Gasteiger partial charge in [0.1, 0.15) is 11.6 Å². The molecular weight excluding hydrogens is 250 g/mol. The van der Waals surface area contributed by atoms with Gasteiger partial charge < -0.3 is 10.2 Å². The third kappa shape index (κ3) is 4.15. The average Bonchev–Trinajstić information content (AvgIpc) is 2.39. The van der Waals surface area contributed by atoms with Gasteiger partial charge in [-0.1, -0.05) is 6.92 Å². The van der Waals surface area contributed by atoms with Gasteiger partial charge in [-0.05, 0) is 27.3 Å². The molecule has 0 saturated carbocycles. The third-order valence-electron chi connectivity index (χ3n) is 3.77. The standard InChI is InChI=1S/C15H27N5/c1-5-6-16-14-9-12(2)17-15(18-14)11-20-8-7-19(4)10-13(20)3/h9,13H,5-8,10-11H2,1-4H3,(H,16,17,18). The Morgan fingerprint density at radius 1 is 1.35 bits per heavy atom. The number of anilines is 1. The predicted octanol–water partition coefficient (Wildman–Crippen LogP) is 1.74. The second-order valence-corrected chi connectivity index (χ2v) is 5.82. The first kappa shape index (κ1) is 15.2. The monoisotopic (exact) mass is 277 g/mol. The van der Waals surface area contributed by atoms with Gasteiger partial charge in [0.25, 0.3) is 0 Å². The number of hydrogen-bond donors (Lipinski definition) is 1. The van der Waals surface area contributed by atoms with Crippen LogP contribution in [-0.2, 0) is 6.54 Å². The number of nitrogens with zero attached hydrogens (tertiary/aromatic N) is 4. The Hall–Kier alpha value is -1.20. The molecule has 1 atom stereocenters. The molecule has 1 N–H and O–H groups in total. The fourth-order valence-corrected chi connectivity index (χ4v) is 2.64. The molecule has 1 fully saturated rings. The van der Waals surface area contributed by atoms with Crippen LogP contribution in [0.25, 0.3) is 0 Å². The van der Waals surface area contributed by atoms with Gasteiger partial charge in [-0.3, -0.25) is 4.90 Å². The summed E-state index contributed by atoms with van der Waals surface area (Å²) in [6, 6.07) is 2.58. The Balaban J connectivity index is 2.03. The molecular formula is C15H27N5. The van der Waals surface area contributed by atoms with E-state index in [-0.39, 0.29) is 0 Å². The molecule has 0 bridgehead atoms. The first-order valence-electron chi connectivity index (χ1n) is 7.59. The van der Waals surface area contributed by atoms with E-state index in [0.29, 0.717) is 6.04 Å². The molecule has 1 aromatic rings. The highest BCUT2D eigenvalue weighted by Crippen LogP contribution is 2.13. The first-order valence-corrected chi connectivity index (χ1v) is 7.59. The highest BCUT2D eigenvalue weighted by atomic mass is 15.3. The van der Waals surface area contributed by atoms with Crippen LogP contribution in [0.3, 0.4) is 0 Å². The number of aryl methyl sites for hydroxylation is 1. The molecule has 1 saturated heterocycles. The van der Waals surface area contributed by atoms with Crippen LogP contribution in [0.5, 0.6) is 0 Å². The van der Waals surface area contributed by atoms with Crippen LogP contribution in [-0.4, -0.2) is 59.0 Å². The molecule has 0 spiro atoms.